The van der Waals surface area contributed by atoms with Gasteiger partial charge in [0.05, 0.1) is 0 Å². The minimum atomic E-state index is -0.943. The summed E-state index contributed by atoms with van der Waals surface area (Å²) in [6, 6.07) is 7.00. The Morgan fingerprint density at radius 1 is 1.33 bits per heavy atom. The summed E-state index contributed by atoms with van der Waals surface area (Å²) < 4.78 is 5.25. The summed E-state index contributed by atoms with van der Waals surface area (Å²) in [6.07, 6.45) is 0. The molecule has 2 rings (SSSR count). The van der Waals surface area contributed by atoms with Gasteiger partial charge in [0.1, 0.15) is 11.5 Å². The molecule has 0 bridgehead atoms. The van der Waals surface area contributed by atoms with Crippen LogP contribution in [0.2, 0.25) is 5.02 Å². The maximum Gasteiger partial charge on any atom is 0.319 e. The molecule has 0 radical (unpaired) electrons. The summed E-state index contributed by atoms with van der Waals surface area (Å²) in [5, 5.41) is 0.595. The maximum atomic E-state index is 11.7. The van der Waals surface area contributed by atoms with E-state index >= 15 is 0 Å². The van der Waals surface area contributed by atoms with Crippen molar-refractivity contribution in [1.82, 2.24) is 0 Å². The van der Waals surface area contributed by atoms with E-state index in [1.54, 1.807) is 38.1 Å². The van der Waals surface area contributed by atoms with Crippen molar-refractivity contribution in [3.8, 4) is 0 Å². The quantitative estimate of drug-likeness (QED) is 0.657. The van der Waals surface area contributed by atoms with Gasteiger partial charge < -0.3 is 10.5 Å². The first kappa shape index (κ1) is 12.9. The van der Waals surface area contributed by atoms with Gasteiger partial charge in [-0.25, -0.2) is 0 Å². The first-order chi connectivity index (χ1) is 8.33. The molecule has 1 amide bonds. The van der Waals surface area contributed by atoms with Crippen LogP contribution in [0.25, 0.3) is 0 Å². The van der Waals surface area contributed by atoms with Crippen LogP contribution in [0.15, 0.2) is 24.3 Å². The normalized spacial score (nSPS) is 25.8. The van der Waals surface area contributed by atoms with Crippen molar-refractivity contribution < 1.29 is 14.3 Å². The van der Waals surface area contributed by atoms with Gasteiger partial charge in [-0.2, -0.15) is 0 Å². The van der Waals surface area contributed by atoms with Crippen molar-refractivity contribution >= 4 is 23.5 Å². The topological polar surface area (TPSA) is 69.4 Å². The van der Waals surface area contributed by atoms with Crippen molar-refractivity contribution in [1.29, 1.82) is 0 Å². The molecule has 1 aliphatic heterocycles. The third-order valence-corrected chi connectivity index (χ3v) is 3.49. The molecule has 1 heterocycles. The number of cyclic esters (lactones) is 1. The molecule has 1 aromatic rings. The van der Waals surface area contributed by atoms with Crippen LogP contribution in [0.3, 0.4) is 0 Å². The van der Waals surface area contributed by atoms with Crippen LogP contribution in [-0.2, 0) is 14.3 Å². The summed E-state index contributed by atoms with van der Waals surface area (Å²) in [6.45, 7) is 3.54. The van der Waals surface area contributed by atoms with E-state index in [-0.39, 0.29) is 5.92 Å². The number of halogens is 1. The van der Waals surface area contributed by atoms with E-state index in [9.17, 15) is 9.59 Å². The zero-order valence-corrected chi connectivity index (χ0v) is 10.9. The molecule has 1 aliphatic rings. The van der Waals surface area contributed by atoms with E-state index in [1.165, 1.54) is 0 Å². The number of hydrogen-bond donors (Lipinski definition) is 1. The van der Waals surface area contributed by atoms with Gasteiger partial charge in [0, 0.05) is 10.9 Å². The lowest BCUT2D eigenvalue weighted by Gasteiger charge is -2.26. The Balaban J connectivity index is 2.47. The molecule has 0 saturated carbocycles. The number of carbonyl (C=O) groups is 2. The Labute approximate surface area is 110 Å². The van der Waals surface area contributed by atoms with Gasteiger partial charge in [-0.15, -0.1) is 0 Å². The highest BCUT2D eigenvalue weighted by atomic mass is 35.5. The van der Waals surface area contributed by atoms with Crippen LogP contribution in [0, 0.1) is 5.92 Å². The van der Waals surface area contributed by atoms with Gasteiger partial charge in [0.15, 0.2) is 0 Å². The highest BCUT2D eigenvalue weighted by molar-refractivity contribution is 6.30. The fraction of sp³-hybridized carbons (Fsp3) is 0.385. The number of hydrogen-bond acceptors (Lipinski definition) is 3. The van der Waals surface area contributed by atoms with E-state index in [0.29, 0.717) is 5.02 Å². The standard InChI is InChI=1S/C13H14ClNO3/c1-13(2)10(7-3-5-8(14)6-4-7)9(11(15)16)12(17)18-13/h3-6,9-10H,1-2H3,(H2,15,16)/t9-,10-/m1/s1. The predicted molar refractivity (Wildman–Crippen MR) is 67.0 cm³/mol. The maximum absolute atomic E-state index is 11.7. The van der Waals surface area contributed by atoms with E-state index in [1.807, 2.05) is 0 Å². The summed E-state index contributed by atoms with van der Waals surface area (Å²) >= 11 is 5.83. The van der Waals surface area contributed by atoms with Crippen molar-refractivity contribution in [2.45, 2.75) is 25.4 Å². The van der Waals surface area contributed by atoms with Crippen molar-refractivity contribution in [2.75, 3.05) is 0 Å². The third kappa shape index (κ3) is 2.08. The SMILES string of the molecule is CC1(C)OC(=O)[C@@H](C(N)=O)[C@H]1c1ccc(Cl)cc1. The number of benzene rings is 1. The third-order valence-electron chi connectivity index (χ3n) is 3.24. The highest BCUT2D eigenvalue weighted by Crippen LogP contribution is 2.44. The van der Waals surface area contributed by atoms with E-state index in [2.05, 4.69) is 0 Å². The molecule has 5 heteroatoms. The molecule has 2 atom stereocenters. The molecule has 1 fully saturated rings. The van der Waals surface area contributed by atoms with Gasteiger partial charge >= 0.3 is 5.97 Å². The van der Waals surface area contributed by atoms with Crippen LogP contribution >= 0.6 is 11.6 Å². The summed E-state index contributed by atoms with van der Waals surface area (Å²) in [4.78, 5) is 23.2. The van der Waals surface area contributed by atoms with E-state index in [4.69, 9.17) is 22.1 Å². The van der Waals surface area contributed by atoms with Crippen molar-refractivity contribution in [2.24, 2.45) is 11.7 Å². The number of primary amides is 1. The van der Waals surface area contributed by atoms with E-state index < -0.39 is 23.4 Å². The molecule has 96 valence electrons. The van der Waals surface area contributed by atoms with Crippen LogP contribution in [0.1, 0.15) is 25.3 Å². The Morgan fingerprint density at radius 3 is 2.39 bits per heavy atom. The van der Waals surface area contributed by atoms with Crippen molar-refractivity contribution in [3.63, 3.8) is 0 Å². The average molecular weight is 268 g/mol. The first-order valence-corrected chi connectivity index (χ1v) is 5.98. The molecular weight excluding hydrogens is 254 g/mol. The number of amides is 1. The highest BCUT2D eigenvalue weighted by Gasteiger charge is 2.53. The number of rotatable bonds is 2. The molecule has 1 aromatic carbocycles. The van der Waals surface area contributed by atoms with Gasteiger partial charge in [0.25, 0.3) is 0 Å². The van der Waals surface area contributed by atoms with Crippen LogP contribution in [-0.4, -0.2) is 17.5 Å². The molecule has 0 spiro atoms. The minimum Gasteiger partial charge on any atom is -0.458 e. The van der Waals surface area contributed by atoms with Gasteiger partial charge in [0.2, 0.25) is 5.91 Å². The Kier molecular flexibility index (Phi) is 3.07. The van der Waals surface area contributed by atoms with E-state index in [0.717, 1.165) is 5.56 Å². The van der Waals surface area contributed by atoms with Gasteiger partial charge in [-0.3, -0.25) is 9.59 Å². The number of carbonyl (C=O) groups excluding carboxylic acids is 2. The second-order valence-electron chi connectivity index (χ2n) is 4.93. The fourth-order valence-corrected chi connectivity index (χ4v) is 2.59. The molecular formula is C13H14ClNO3. The second kappa shape index (κ2) is 4.28. The Bertz CT molecular complexity index is 495. The van der Waals surface area contributed by atoms with Crippen LogP contribution in [0.4, 0.5) is 0 Å². The molecule has 1 saturated heterocycles. The molecule has 18 heavy (non-hydrogen) atoms. The molecule has 0 aromatic heterocycles. The monoisotopic (exact) mass is 267 g/mol. The average Bonchev–Trinajstić information content (AvgIpc) is 2.49. The zero-order valence-electron chi connectivity index (χ0n) is 10.1. The fourth-order valence-electron chi connectivity index (χ4n) is 2.47. The van der Waals surface area contributed by atoms with Crippen LogP contribution < -0.4 is 5.73 Å². The minimum absolute atomic E-state index is 0.389. The largest absolute Gasteiger partial charge is 0.458 e. The molecule has 0 unspecified atom stereocenters. The molecule has 0 aliphatic carbocycles. The number of esters is 1. The predicted octanol–water partition coefficient (Wildman–Crippen LogP) is 1.86. The smallest absolute Gasteiger partial charge is 0.319 e. The second-order valence-corrected chi connectivity index (χ2v) is 5.37. The lowest BCUT2D eigenvalue weighted by atomic mass is 9.78. The van der Waals surface area contributed by atoms with Crippen LogP contribution in [0.5, 0.6) is 0 Å². The summed E-state index contributed by atoms with van der Waals surface area (Å²) in [7, 11) is 0. The van der Waals surface area contributed by atoms with Crippen molar-refractivity contribution in [3.05, 3.63) is 34.9 Å². The Hall–Kier alpha value is -1.55. The van der Waals surface area contributed by atoms with Gasteiger partial charge in [-0.1, -0.05) is 23.7 Å². The number of ether oxygens (including phenoxy) is 1. The number of nitrogens with two attached hydrogens (primary N) is 1. The molecule has 4 nitrogen and oxygen atoms in total. The lowest BCUT2D eigenvalue weighted by Crippen LogP contribution is -2.34. The van der Waals surface area contributed by atoms with Gasteiger partial charge in [-0.05, 0) is 31.5 Å². The first-order valence-electron chi connectivity index (χ1n) is 5.60. The zero-order chi connectivity index (χ0) is 13.5. The summed E-state index contributed by atoms with van der Waals surface area (Å²) in [5.74, 6) is -2.56. The Morgan fingerprint density at radius 2 is 1.89 bits per heavy atom. The molecule has 2 N–H and O–H groups in total. The lowest BCUT2D eigenvalue weighted by molar-refractivity contribution is -0.150. The summed E-state index contributed by atoms with van der Waals surface area (Å²) in [5.41, 5.74) is 5.36.